The predicted octanol–water partition coefficient (Wildman–Crippen LogP) is 1.97. The lowest BCUT2D eigenvalue weighted by Crippen LogP contribution is -2.37. The van der Waals surface area contributed by atoms with Gasteiger partial charge in [-0.3, -0.25) is 4.79 Å². The van der Waals surface area contributed by atoms with E-state index in [9.17, 15) is 4.79 Å². The molecular weight excluding hydrogens is 212 g/mol. The van der Waals surface area contributed by atoms with Crippen molar-refractivity contribution < 1.29 is 9.53 Å². The van der Waals surface area contributed by atoms with Crippen LogP contribution < -0.4 is 0 Å². The Morgan fingerprint density at radius 3 is 3.00 bits per heavy atom. The molecule has 0 radical (unpaired) electrons. The Kier molecular flexibility index (Phi) is 1.47. The lowest BCUT2D eigenvalue weighted by molar-refractivity contribution is -0.128. The molecule has 88 valence electrons. The highest BCUT2D eigenvalue weighted by Crippen LogP contribution is 2.66. The van der Waals surface area contributed by atoms with Crippen LogP contribution in [0, 0.1) is 35.5 Å². The maximum atomic E-state index is 11.9. The van der Waals surface area contributed by atoms with Gasteiger partial charge in [-0.1, -0.05) is 18.2 Å². The molecule has 2 nitrogen and oxygen atoms in total. The van der Waals surface area contributed by atoms with Crippen molar-refractivity contribution in [2.24, 2.45) is 35.5 Å². The first-order valence-corrected chi connectivity index (χ1v) is 6.89. The summed E-state index contributed by atoms with van der Waals surface area (Å²) in [5.41, 5.74) is 0. The molecule has 3 aliphatic carbocycles. The molecule has 0 aromatic heterocycles. The van der Waals surface area contributed by atoms with Crippen molar-refractivity contribution in [3.8, 4) is 0 Å². The van der Waals surface area contributed by atoms with Crippen LogP contribution in [0.2, 0.25) is 0 Å². The summed E-state index contributed by atoms with van der Waals surface area (Å²) in [6, 6.07) is 0. The number of fused-ring (bicyclic) bond motifs is 12. The van der Waals surface area contributed by atoms with Gasteiger partial charge in [0.1, 0.15) is 6.10 Å². The molecule has 0 aromatic carbocycles. The smallest absolute Gasteiger partial charge is 0.184 e. The number of carbonyl (C=O) groups is 1. The van der Waals surface area contributed by atoms with Crippen LogP contribution in [0.15, 0.2) is 24.3 Å². The summed E-state index contributed by atoms with van der Waals surface area (Å²) in [7, 11) is 0. The molecule has 0 N–H and O–H groups in total. The number of ether oxygens (including phenoxy) is 1. The van der Waals surface area contributed by atoms with Crippen molar-refractivity contribution in [1.29, 1.82) is 0 Å². The van der Waals surface area contributed by atoms with Gasteiger partial charge in [-0.05, 0) is 48.5 Å². The van der Waals surface area contributed by atoms with Crippen LogP contribution in [-0.2, 0) is 9.53 Å². The Bertz CT molecular complexity index is 464. The number of carbonyl (C=O) groups excluding carboxylic acids is 1. The van der Waals surface area contributed by atoms with Crippen LogP contribution in [-0.4, -0.2) is 18.0 Å². The number of allylic oxidation sites excluding steroid dienone is 2. The van der Waals surface area contributed by atoms with Gasteiger partial charge in [-0.2, -0.15) is 0 Å². The van der Waals surface area contributed by atoms with Crippen LogP contribution in [0.25, 0.3) is 0 Å². The minimum atomic E-state index is -0.0912. The van der Waals surface area contributed by atoms with Gasteiger partial charge in [0.25, 0.3) is 0 Å². The van der Waals surface area contributed by atoms with E-state index in [4.69, 9.17) is 4.74 Å². The molecule has 5 rings (SSSR count). The molecule has 2 aliphatic heterocycles. The topological polar surface area (TPSA) is 26.3 Å². The largest absolute Gasteiger partial charge is 0.362 e. The highest BCUT2D eigenvalue weighted by molar-refractivity contribution is 5.95. The highest BCUT2D eigenvalue weighted by Gasteiger charge is 2.66. The van der Waals surface area contributed by atoms with E-state index in [0.29, 0.717) is 11.8 Å². The second kappa shape index (κ2) is 2.74. The summed E-state index contributed by atoms with van der Waals surface area (Å²) in [5.74, 6) is 4.57. The van der Waals surface area contributed by atoms with Gasteiger partial charge in [0.2, 0.25) is 0 Å². The van der Waals surface area contributed by atoms with Gasteiger partial charge in [-0.15, -0.1) is 0 Å². The summed E-state index contributed by atoms with van der Waals surface area (Å²) in [6.45, 7) is 0. The maximum Gasteiger partial charge on any atom is 0.184 e. The third-order valence-corrected chi connectivity index (χ3v) is 6.05. The summed E-state index contributed by atoms with van der Waals surface area (Å²) in [6.07, 6.45) is 11.4. The van der Waals surface area contributed by atoms with Gasteiger partial charge in [0.15, 0.2) is 5.78 Å². The first-order valence-electron chi connectivity index (χ1n) is 6.89. The molecule has 1 saturated heterocycles. The van der Waals surface area contributed by atoms with Crippen molar-refractivity contribution in [2.75, 3.05) is 0 Å². The van der Waals surface area contributed by atoms with E-state index in [1.54, 1.807) is 6.08 Å². The molecular formula is C15H16O2. The minimum absolute atomic E-state index is 0.0912. The van der Waals surface area contributed by atoms with E-state index < -0.39 is 0 Å². The first kappa shape index (κ1) is 9.09. The molecule has 2 heteroatoms. The molecule has 3 fully saturated rings. The number of rotatable bonds is 0. The average Bonchev–Trinajstić information content (AvgIpc) is 3.04. The Morgan fingerprint density at radius 2 is 2.06 bits per heavy atom. The normalized spacial score (nSPS) is 61.1. The van der Waals surface area contributed by atoms with Crippen LogP contribution in [0.3, 0.4) is 0 Å². The van der Waals surface area contributed by atoms with Crippen LogP contribution in [0.1, 0.15) is 12.8 Å². The second-order valence-corrected chi connectivity index (χ2v) is 6.41. The summed E-state index contributed by atoms with van der Waals surface area (Å²) >= 11 is 0. The van der Waals surface area contributed by atoms with Crippen molar-refractivity contribution in [3.05, 3.63) is 24.3 Å². The van der Waals surface area contributed by atoms with Crippen LogP contribution in [0.5, 0.6) is 0 Å². The van der Waals surface area contributed by atoms with E-state index >= 15 is 0 Å². The molecule has 2 heterocycles. The summed E-state index contributed by atoms with van der Waals surface area (Å²) < 4.78 is 5.96. The fraction of sp³-hybridized carbons (Fsp3) is 0.667. The fourth-order valence-corrected chi connectivity index (χ4v) is 5.64. The molecule has 0 aromatic rings. The third-order valence-electron chi connectivity index (χ3n) is 6.05. The zero-order valence-electron chi connectivity index (χ0n) is 9.66. The van der Waals surface area contributed by atoms with Gasteiger partial charge < -0.3 is 4.74 Å². The van der Waals surface area contributed by atoms with Gasteiger partial charge in [-0.25, -0.2) is 0 Å². The summed E-state index contributed by atoms with van der Waals surface area (Å²) in [5, 5.41) is 0. The molecule has 0 spiro atoms. The molecule has 8 atom stereocenters. The molecule has 5 aliphatic rings. The zero-order chi connectivity index (χ0) is 11.1. The molecule has 2 saturated carbocycles. The molecule has 4 bridgehead atoms. The van der Waals surface area contributed by atoms with E-state index in [0.717, 1.165) is 23.7 Å². The van der Waals surface area contributed by atoms with E-state index in [2.05, 4.69) is 12.2 Å². The van der Waals surface area contributed by atoms with Crippen molar-refractivity contribution in [3.63, 3.8) is 0 Å². The highest BCUT2D eigenvalue weighted by atomic mass is 16.5. The molecule has 0 unspecified atom stereocenters. The van der Waals surface area contributed by atoms with Gasteiger partial charge >= 0.3 is 0 Å². The Labute approximate surface area is 101 Å². The second-order valence-electron chi connectivity index (χ2n) is 6.41. The van der Waals surface area contributed by atoms with Gasteiger partial charge in [0, 0.05) is 5.92 Å². The monoisotopic (exact) mass is 228 g/mol. The maximum absolute atomic E-state index is 11.9. The van der Waals surface area contributed by atoms with Crippen LogP contribution in [0.4, 0.5) is 0 Å². The first-order chi connectivity index (χ1) is 8.34. The lowest BCUT2D eigenvalue weighted by atomic mass is 9.67. The average molecular weight is 228 g/mol. The number of hydrogen-bond acceptors (Lipinski definition) is 2. The van der Waals surface area contributed by atoms with Crippen molar-refractivity contribution in [2.45, 2.75) is 25.0 Å². The van der Waals surface area contributed by atoms with E-state index in [-0.39, 0.29) is 18.0 Å². The Hall–Kier alpha value is -0.890. The molecule has 0 amide bonds. The predicted molar refractivity (Wildman–Crippen MR) is 62.1 cm³/mol. The number of hydrogen-bond donors (Lipinski definition) is 0. The number of ketones is 1. The quantitative estimate of drug-likeness (QED) is 0.592. The lowest BCUT2D eigenvalue weighted by Gasteiger charge is -2.34. The third kappa shape index (κ3) is 0.887. The van der Waals surface area contributed by atoms with Crippen molar-refractivity contribution in [1.82, 2.24) is 0 Å². The minimum Gasteiger partial charge on any atom is -0.362 e. The van der Waals surface area contributed by atoms with Gasteiger partial charge in [0.05, 0.1) is 6.10 Å². The Morgan fingerprint density at radius 1 is 1.12 bits per heavy atom. The fourth-order valence-electron chi connectivity index (χ4n) is 5.64. The molecule has 17 heavy (non-hydrogen) atoms. The zero-order valence-corrected chi connectivity index (χ0v) is 9.66. The van der Waals surface area contributed by atoms with Crippen LogP contribution >= 0.6 is 0 Å². The summed E-state index contributed by atoms with van der Waals surface area (Å²) in [4.78, 5) is 11.9. The van der Waals surface area contributed by atoms with E-state index in [1.165, 1.54) is 12.8 Å². The van der Waals surface area contributed by atoms with Crippen molar-refractivity contribution >= 4 is 5.78 Å². The van der Waals surface area contributed by atoms with E-state index in [1.807, 2.05) is 6.08 Å². The Balaban J connectivity index is 1.62. The standard InChI is InChI=1S/C15H16O2/c16-11-4-5-12-13-9-6-10(14(13)15(11)17-12)8-3-1-2-7(8)9/h1-2,4-5,7-10,12-15H,3,6H2/t7-,8+,9+,10-,12-,13-,14-,15+/m1/s1. The SMILES string of the molecule is O=C1C=C[C@H]2O[C@@H]1[C@@H]1[C@@H]3C[C@@H]([C@@H]4C=CC[C@@H]43)[C@@H]12.